The molecular weight excluding hydrogens is 354 g/mol. The number of hydrogen-bond donors (Lipinski definition) is 1. The van der Waals surface area contributed by atoms with Gasteiger partial charge in [0, 0.05) is 24.6 Å². The van der Waals surface area contributed by atoms with Crippen LogP contribution in [0.2, 0.25) is 0 Å². The average molecular weight is 383 g/mol. The molecule has 0 bridgehead atoms. The first-order valence-corrected chi connectivity index (χ1v) is 9.55. The van der Waals surface area contributed by atoms with E-state index in [1.54, 1.807) is 14.2 Å². The minimum atomic E-state index is 0.523. The normalized spacial score (nSPS) is 11.2. The summed E-state index contributed by atoms with van der Waals surface area (Å²) in [5.74, 6) is 1.53. The molecule has 3 rings (SSSR count). The molecule has 3 aromatic rings. The number of aromatic nitrogens is 2. The summed E-state index contributed by atoms with van der Waals surface area (Å²) in [5.41, 5.74) is 5.40. The summed E-state index contributed by atoms with van der Waals surface area (Å²) in [7, 11) is 7.32. The molecule has 0 unspecified atom stereocenters. The Morgan fingerprint density at radius 2 is 1.82 bits per heavy atom. The highest BCUT2D eigenvalue weighted by atomic mass is 16.5. The van der Waals surface area contributed by atoms with Crippen LogP contribution in [0.15, 0.2) is 30.5 Å². The molecular formula is C22H29N3O3. The van der Waals surface area contributed by atoms with E-state index in [-0.39, 0.29) is 0 Å². The number of aryl methyl sites for hydroxylation is 1. The Balaban J connectivity index is 2.19. The molecule has 2 aromatic carbocycles. The third-order valence-corrected chi connectivity index (χ3v) is 4.94. The standard InChI is InChI=1S/C22H29N3O3/c1-6-28-14-15-11-19(26-4)21(20(12-15)27-5)17-8-7-16(9-10-23-2)22-18(17)13-24-25(22)3/h7-8,11-13,23H,6,9-10,14H2,1-5H3. The molecule has 0 amide bonds. The van der Waals surface area contributed by atoms with E-state index in [0.29, 0.717) is 13.2 Å². The van der Waals surface area contributed by atoms with E-state index >= 15 is 0 Å². The number of nitrogens with one attached hydrogen (secondary N) is 1. The van der Waals surface area contributed by atoms with Gasteiger partial charge in [0.05, 0.1) is 38.1 Å². The van der Waals surface area contributed by atoms with E-state index in [1.165, 1.54) is 5.56 Å². The molecule has 0 spiro atoms. The lowest BCUT2D eigenvalue weighted by Gasteiger charge is -2.17. The molecule has 1 heterocycles. The van der Waals surface area contributed by atoms with Crippen molar-refractivity contribution in [3.8, 4) is 22.6 Å². The monoisotopic (exact) mass is 383 g/mol. The van der Waals surface area contributed by atoms with Crippen molar-refractivity contribution in [2.45, 2.75) is 20.0 Å². The van der Waals surface area contributed by atoms with Gasteiger partial charge in [0.1, 0.15) is 11.5 Å². The Morgan fingerprint density at radius 1 is 1.11 bits per heavy atom. The molecule has 6 nitrogen and oxygen atoms in total. The van der Waals surface area contributed by atoms with Crippen molar-refractivity contribution < 1.29 is 14.2 Å². The van der Waals surface area contributed by atoms with Crippen LogP contribution in [0, 0.1) is 0 Å². The Morgan fingerprint density at radius 3 is 2.43 bits per heavy atom. The average Bonchev–Trinajstić information content (AvgIpc) is 3.12. The highest BCUT2D eigenvalue weighted by Crippen LogP contribution is 2.43. The van der Waals surface area contributed by atoms with Crippen molar-refractivity contribution >= 4 is 10.9 Å². The maximum absolute atomic E-state index is 5.74. The van der Waals surface area contributed by atoms with Crippen LogP contribution in [-0.2, 0) is 24.8 Å². The topological polar surface area (TPSA) is 57.5 Å². The van der Waals surface area contributed by atoms with E-state index < -0.39 is 0 Å². The zero-order valence-electron chi connectivity index (χ0n) is 17.3. The van der Waals surface area contributed by atoms with Crippen LogP contribution in [0.3, 0.4) is 0 Å². The maximum atomic E-state index is 5.74. The summed E-state index contributed by atoms with van der Waals surface area (Å²) in [4.78, 5) is 0. The number of likely N-dealkylation sites (N-methyl/N-ethyl adjacent to an activating group) is 1. The summed E-state index contributed by atoms with van der Waals surface area (Å²) in [6.45, 7) is 4.08. The van der Waals surface area contributed by atoms with Crippen LogP contribution in [0.5, 0.6) is 11.5 Å². The molecule has 1 N–H and O–H groups in total. The number of rotatable bonds is 9. The lowest BCUT2D eigenvalue weighted by atomic mass is 9.95. The van der Waals surface area contributed by atoms with Gasteiger partial charge < -0.3 is 19.5 Å². The number of nitrogens with zero attached hydrogens (tertiary/aromatic N) is 2. The van der Waals surface area contributed by atoms with Crippen molar-refractivity contribution in [3.63, 3.8) is 0 Å². The third kappa shape index (κ3) is 3.84. The fourth-order valence-electron chi connectivity index (χ4n) is 3.58. The summed E-state index contributed by atoms with van der Waals surface area (Å²) in [5, 5.41) is 8.82. The fraction of sp³-hybridized carbons (Fsp3) is 0.409. The van der Waals surface area contributed by atoms with Crippen molar-refractivity contribution in [2.75, 3.05) is 34.4 Å². The van der Waals surface area contributed by atoms with Crippen LogP contribution in [-0.4, -0.2) is 44.2 Å². The number of methoxy groups -OCH3 is 2. The highest BCUT2D eigenvalue weighted by molar-refractivity contribution is 5.99. The van der Waals surface area contributed by atoms with E-state index in [9.17, 15) is 0 Å². The molecule has 0 saturated heterocycles. The van der Waals surface area contributed by atoms with Gasteiger partial charge in [0.15, 0.2) is 0 Å². The summed E-state index contributed by atoms with van der Waals surface area (Å²) in [6, 6.07) is 8.34. The number of hydrogen-bond acceptors (Lipinski definition) is 5. The van der Waals surface area contributed by atoms with Gasteiger partial charge >= 0.3 is 0 Å². The largest absolute Gasteiger partial charge is 0.496 e. The minimum Gasteiger partial charge on any atom is -0.496 e. The molecule has 0 radical (unpaired) electrons. The van der Waals surface area contributed by atoms with Crippen LogP contribution in [0.25, 0.3) is 22.0 Å². The lowest BCUT2D eigenvalue weighted by Crippen LogP contribution is -2.11. The Labute approximate surface area is 166 Å². The predicted molar refractivity (Wildman–Crippen MR) is 112 cm³/mol. The summed E-state index contributed by atoms with van der Waals surface area (Å²) in [6.07, 6.45) is 2.86. The predicted octanol–water partition coefficient (Wildman–Crippen LogP) is 3.56. The van der Waals surface area contributed by atoms with Crippen LogP contribution in [0.1, 0.15) is 18.1 Å². The summed E-state index contributed by atoms with van der Waals surface area (Å²) < 4.78 is 19.0. The molecule has 150 valence electrons. The van der Waals surface area contributed by atoms with Gasteiger partial charge in [-0.15, -0.1) is 0 Å². The molecule has 0 aliphatic rings. The van der Waals surface area contributed by atoms with Crippen LogP contribution < -0.4 is 14.8 Å². The maximum Gasteiger partial charge on any atom is 0.130 e. The zero-order chi connectivity index (χ0) is 20.1. The van der Waals surface area contributed by atoms with Crippen molar-refractivity contribution in [2.24, 2.45) is 7.05 Å². The second kappa shape index (κ2) is 9.08. The van der Waals surface area contributed by atoms with Gasteiger partial charge in [-0.2, -0.15) is 5.10 Å². The van der Waals surface area contributed by atoms with Crippen LogP contribution >= 0.6 is 0 Å². The molecule has 6 heteroatoms. The molecule has 1 aromatic heterocycles. The fourth-order valence-corrected chi connectivity index (χ4v) is 3.58. The van der Waals surface area contributed by atoms with E-state index in [0.717, 1.165) is 52.1 Å². The number of ether oxygens (including phenoxy) is 3. The van der Waals surface area contributed by atoms with Gasteiger partial charge in [-0.25, -0.2) is 0 Å². The van der Waals surface area contributed by atoms with Crippen molar-refractivity contribution in [1.29, 1.82) is 0 Å². The number of fused-ring (bicyclic) bond motifs is 1. The number of benzene rings is 2. The van der Waals surface area contributed by atoms with Gasteiger partial charge in [-0.1, -0.05) is 12.1 Å². The molecule has 0 aliphatic carbocycles. The SMILES string of the molecule is CCOCc1cc(OC)c(-c2ccc(CCNC)c3c2cnn3C)c(OC)c1. The Bertz CT molecular complexity index is 925. The molecule has 28 heavy (non-hydrogen) atoms. The van der Waals surface area contributed by atoms with E-state index in [1.807, 2.05) is 44.0 Å². The van der Waals surface area contributed by atoms with E-state index in [4.69, 9.17) is 14.2 Å². The second-order valence-corrected chi connectivity index (χ2v) is 6.67. The van der Waals surface area contributed by atoms with Crippen LogP contribution in [0.4, 0.5) is 0 Å². The van der Waals surface area contributed by atoms with Crippen molar-refractivity contribution in [1.82, 2.24) is 15.1 Å². The molecule has 0 aliphatic heterocycles. The smallest absolute Gasteiger partial charge is 0.130 e. The molecule has 0 saturated carbocycles. The van der Waals surface area contributed by atoms with E-state index in [2.05, 4.69) is 22.5 Å². The minimum absolute atomic E-state index is 0.523. The third-order valence-electron chi connectivity index (χ3n) is 4.94. The quantitative estimate of drug-likeness (QED) is 0.612. The van der Waals surface area contributed by atoms with Crippen molar-refractivity contribution in [3.05, 3.63) is 41.6 Å². The zero-order valence-corrected chi connectivity index (χ0v) is 17.3. The van der Waals surface area contributed by atoms with Gasteiger partial charge in [-0.3, -0.25) is 4.68 Å². The van der Waals surface area contributed by atoms with Gasteiger partial charge in [0.2, 0.25) is 0 Å². The summed E-state index contributed by atoms with van der Waals surface area (Å²) >= 11 is 0. The van der Waals surface area contributed by atoms with Gasteiger partial charge in [0.25, 0.3) is 0 Å². The molecule has 0 fully saturated rings. The first-order chi connectivity index (χ1) is 13.6. The first-order valence-electron chi connectivity index (χ1n) is 9.55. The second-order valence-electron chi connectivity index (χ2n) is 6.67. The first kappa shape index (κ1) is 20.2. The Hall–Kier alpha value is -2.57. The molecule has 0 atom stereocenters. The highest BCUT2D eigenvalue weighted by Gasteiger charge is 2.19. The Kier molecular flexibility index (Phi) is 6.54. The lowest BCUT2D eigenvalue weighted by molar-refractivity contribution is 0.133. The van der Waals surface area contributed by atoms with Gasteiger partial charge in [-0.05, 0) is 50.2 Å².